The molecule has 1 saturated heterocycles. The van der Waals surface area contributed by atoms with E-state index in [1.807, 2.05) is 56.3 Å². The third-order valence-corrected chi connectivity index (χ3v) is 6.81. The molecular formula is C28H30N4O2. The van der Waals surface area contributed by atoms with Gasteiger partial charge >= 0.3 is 0 Å². The summed E-state index contributed by atoms with van der Waals surface area (Å²) in [5.41, 5.74) is 7.52. The summed E-state index contributed by atoms with van der Waals surface area (Å²) in [5.74, 6) is -0.207. The number of hydrogen-bond acceptors (Lipinski definition) is 3. The predicted molar refractivity (Wildman–Crippen MR) is 137 cm³/mol. The van der Waals surface area contributed by atoms with Crippen molar-refractivity contribution in [3.63, 3.8) is 0 Å². The summed E-state index contributed by atoms with van der Waals surface area (Å²) in [6.07, 6.45) is 4.34. The Hall–Kier alpha value is -3.64. The Labute approximate surface area is 200 Å². The minimum atomic E-state index is -0.136. The highest BCUT2D eigenvalue weighted by Gasteiger charge is 2.26. The highest BCUT2D eigenvalue weighted by atomic mass is 16.2. The van der Waals surface area contributed by atoms with Crippen LogP contribution < -0.4 is 10.6 Å². The number of rotatable bonds is 6. The van der Waals surface area contributed by atoms with Gasteiger partial charge in [-0.15, -0.1) is 0 Å². The van der Waals surface area contributed by atoms with E-state index in [9.17, 15) is 9.59 Å². The first-order valence-electron chi connectivity index (χ1n) is 11.9. The average Bonchev–Trinajstić information content (AvgIpc) is 3.53. The number of carbonyl (C=O) groups excluding carboxylic acids is 2. The molecule has 2 amide bonds. The predicted octanol–water partition coefficient (Wildman–Crippen LogP) is 4.62. The molecule has 0 bridgehead atoms. The molecule has 0 radical (unpaired) electrons. The summed E-state index contributed by atoms with van der Waals surface area (Å²) < 4.78 is 0. The topological polar surface area (TPSA) is 77.2 Å². The Morgan fingerprint density at radius 3 is 2.59 bits per heavy atom. The molecule has 3 aromatic rings. The Morgan fingerprint density at radius 1 is 1.06 bits per heavy atom. The molecule has 3 N–H and O–H groups in total. The fourth-order valence-electron chi connectivity index (χ4n) is 4.97. The number of aromatic amines is 1. The highest BCUT2D eigenvalue weighted by Crippen LogP contribution is 2.36. The molecule has 34 heavy (non-hydrogen) atoms. The van der Waals surface area contributed by atoms with Gasteiger partial charge in [0.1, 0.15) is 0 Å². The van der Waals surface area contributed by atoms with Crippen molar-refractivity contribution in [2.24, 2.45) is 0 Å². The number of amides is 2. The van der Waals surface area contributed by atoms with Crippen LogP contribution in [-0.4, -0.2) is 47.9 Å². The average molecular weight is 455 g/mol. The van der Waals surface area contributed by atoms with Crippen LogP contribution in [-0.2, 0) is 4.79 Å². The van der Waals surface area contributed by atoms with E-state index in [1.54, 1.807) is 0 Å². The van der Waals surface area contributed by atoms with Crippen molar-refractivity contribution >= 4 is 29.2 Å². The number of carbonyl (C=O) groups is 2. The van der Waals surface area contributed by atoms with Crippen LogP contribution in [0.3, 0.4) is 0 Å². The quantitative estimate of drug-likeness (QED) is 0.476. The monoisotopic (exact) mass is 454 g/mol. The maximum atomic E-state index is 12.9. The van der Waals surface area contributed by atoms with Crippen LogP contribution in [0.15, 0.2) is 48.5 Å². The van der Waals surface area contributed by atoms with Crippen molar-refractivity contribution in [2.45, 2.75) is 26.7 Å². The lowest BCUT2D eigenvalue weighted by atomic mass is 9.98. The van der Waals surface area contributed by atoms with Gasteiger partial charge in [0.15, 0.2) is 0 Å². The van der Waals surface area contributed by atoms with Crippen LogP contribution >= 0.6 is 0 Å². The number of fused-ring (bicyclic) bond motifs is 1. The summed E-state index contributed by atoms with van der Waals surface area (Å²) >= 11 is 0. The molecule has 2 aromatic carbocycles. The van der Waals surface area contributed by atoms with E-state index < -0.39 is 0 Å². The summed E-state index contributed by atoms with van der Waals surface area (Å²) in [4.78, 5) is 31.4. The number of aryl methyl sites for hydroxylation is 1. The second kappa shape index (κ2) is 9.31. The SMILES string of the molecule is Cc1[nH]c(C=C2C(=O)Nc3ccc(-c4ccccc4)cc32)c(C)c1C(=O)NCCN1CCCC1. The number of aromatic nitrogens is 1. The van der Waals surface area contributed by atoms with E-state index in [1.165, 1.54) is 12.8 Å². The Bertz CT molecular complexity index is 1270. The number of nitrogens with zero attached hydrogens (tertiary/aromatic N) is 1. The van der Waals surface area contributed by atoms with E-state index in [2.05, 4.69) is 32.7 Å². The Morgan fingerprint density at radius 2 is 1.82 bits per heavy atom. The van der Waals surface area contributed by atoms with E-state index in [-0.39, 0.29) is 11.8 Å². The van der Waals surface area contributed by atoms with Gasteiger partial charge in [0.25, 0.3) is 11.8 Å². The van der Waals surface area contributed by atoms with E-state index in [0.717, 1.165) is 59.0 Å². The van der Waals surface area contributed by atoms with Crippen LogP contribution in [0.4, 0.5) is 5.69 Å². The lowest BCUT2D eigenvalue weighted by Crippen LogP contribution is -2.33. The summed E-state index contributed by atoms with van der Waals surface area (Å²) in [6.45, 7) is 7.58. The molecule has 6 nitrogen and oxygen atoms in total. The smallest absolute Gasteiger partial charge is 0.256 e. The third kappa shape index (κ3) is 4.29. The molecule has 0 unspecified atom stereocenters. The zero-order valence-corrected chi connectivity index (χ0v) is 19.7. The molecule has 0 spiro atoms. The summed E-state index contributed by atoms with van der Waals surface area (Å²) in [6, 6.07) is 16.1. The van der Waals surface area contributed by atoms with Gasteiger partial charge in [-0.2, -0.15) is 0 Å². The van der Waals surface area contributed by atoms with Gasteiger partial charge in [-0.25, -0.2) is 0 Å². The van der Waals surface area contributed by atoms with Gasteiger partial charge in [0.2, 0.25) is 0 Å². The molecule has 6 heteroatoms. The minimum absolute atomic E-state index is 0.0715. The molecule has 2 aliphatic heterocycles. The summed E-state index contributed by atoms with van der Waals surface area (Å²) in [5, 5.41) is 6.02. The van der Waals surface area contributed by atoms with Crippen LogP contribution in [0.1, 0.15) is 45.7 Å². The van der Waals surface area contributed by atoms with E-state index >= 15 is 0 Å². The molecule has 0 aliphatic carbocycles. The standard InChI is InChI=1S/C28H30N4O2/c1-18-25(30-19(2)26(18)28(34)29-12-15-32-13-6-7-14-32)17-23-22-16-21(20-8-4-3-5-9-20)10-11-24(22)31-27(23)33/h3-5,8-11,16-17,30H,6-7,12-15H2,1-2H3,(H,29,34)(H,31,33). The van der Waals surface area contributed by atoms with Crippen LogP contribution in [0.2, 0.25) is 0 Å². The van der Waals surface area contributed by atoms with Gasteiger partial charge in [-0.1, -0.05) is 36.4 Å². The lowest BCUT2D eigenvalue weighted by Gasteiger charge is -2.14. The molecule has 1 aromatic heterocycles. The number of H-pyrrole nitrogens is 1. The van der Waals surface area contributed by atoms with Crippen molar-refractivity contribution in [3.05, 3.63) is 76.6 Å². The first-order valence-corrected chi connectivity index (χ1v) is 11.9. The van der Waals surface area contributed by atoms with Gasteiger partial charge in [-0.3, -0.25) is 9.59 Å². The second-order valence-corrected chi connectivity index (χ2v) is 9.11. The second-order valence-electron chi connectivity index (χ2n) is 9.11. The maximum absolute atomic E-state index is 12.9. The maximum Gasteiger partial charge on any atom is 0.256 e. The highest BCUT2D eigenvalue weighted by molar-refractivity contribution is 6.35. The molecule has 3 heterocycles. The van der Waals surface area contributed by atoms with Crippen molar-refractivity contribution in [1.29, 1.82) is 0 Å². The van der Waals surface area contributed by atoms with E-state index in [0.29, 0.717) is 17.7 Å². The number of benzene rings is 2. The van der Waals surface area contributed by atoms with Crippen LogP contribution in [0.25, 0.3) is 22.8 Å². The van der Waals surface area contributed by atoms with Crippen molar-refractivity contribution in [2.75, 3.05) is 31.5 Å². The van der Waals surface area contributed by atoms with Crippen LogP contribution in [0.5, 0.6) is 0 Å². The molecule has 2 aliphatic rings. The van der Waals surface area contributed by atoms with Gasteiger partial charge in [-0.05, 0) is 74.7 Å². The number of anilines is 1. The molecule has 0 atom stereocenters. The lowest BCUT2D eigenvalue weighted by molar-refractivity contribution is -0.110. The molecule has 174 valence electrons. The number of hydrogen-bond donors (Lipinski definition) is 3. The van der Waals surface area contributed by atoms with Crippen molar-refractivity contribution in [1.82, 2.24) is 15.2 Å². The zero-order valence-electron chi connectivity index (χ0n) is 19.7. The van der Waals surface area contributed by atoms with E-state index in [4.69, 9.17) is 0 Å². The first kappa shape index (κ1) is 22.2. The van der Waals surface area contributed by atoms with Gasteiger partial charge < -0.3 is 20.5 Å². The first-order chi connectivity index (χ1) is 16.5. The Balaban J connectivity index is 1.40. The molecule has 5 rings (SSSR count). The van der Waals surface area contributed by atoms with Gasteiger partial charge in [0, 0.05) is 35.7 Å². The molecular weight excluding hydrogens is 424 g/mol. The third-order valence-electron chi connectivity index (χ3n) is 6.81. The largest absolute Gasteiger partial charge is 0.358 e. The van der Waals surface area contributed by atoms with Crippen molar-refractivity contribution in [3.8, 4) is 11.1 Å². The fourth-order valence-corrected chi connectivity index (χ4v) is 4.97. The summed E-state index contributed by atoms with van der Waals surface area (Å²) in [7, 11) is 0. The number of nitrogens with one attached hydrogen (secondary N) is 3. The zero-order chi connectivity index (χ0) is 23.7. The molecule has 1 fully saturated rings. The van der Waals surface area contributed by atoms with Gasteiger partial charge in [0.05, 0.1) is 11.1 Å². The fraction of sp³-hybridized carbons (Fsp3) is 0.286. The van der Waals surface area contributed by atoms with Crippen molar-refractivity contribution < 1.29 is 9.59 Å². The van der Waals surface area contributed by atoms with Crippen LogP contribution in [0, 0.1) is 13.8 Å². The molecule has 0 saturated carbocycles. The Kier molecular flexibility index (Phi) is 6.07. The normalized spacial score (nSPS) is 16.6. The number of likely N-dealkylation sites (tertiary alicyclic amines) is 1. The minimum Gasteiger partial charge on any atom is -0.358 e.